The largest absolute Gasteiger partial charge is 0.495 e. The summed E-state index contributed by atoms with van der Waals surface area (Å²) in [6.45, 7) is 3.98. The number of carbonyl (C=O) groups is 1. The first-order valence-electron chi connectivity index (χ1n) is 6.77. The Morgan fingerprint density at radius 2 is 2.10 bits per heavy atom. The van der Waals surface area contributed by atoms with Crippen LogP contribution in [0.15, 0.2) is 23.1 Å². The van der Waals surface area contributed by atoms with E-state index in [0.717, 1.165) is 12.8 Å². The number of benzene rings is 1. The molecule has 0 saturated carbocycles. The Balaban J connectivity index is 2.88. The summed E-state index contributed by atoms with van der Waals surface area (Å²) in [5, 5.41) is 8.01. The number of carbonyl (C=O) groups excluding carboxylic acids is 1. The summed E-state index contributed by atoms with van der Waals surface area (Å²) in [4.78, 5) is 11.8. The van der Waals surface area contributed by atoms with Crippen LogP contribution in [0.5, 0.6) is 5.75 Å². The second-order valence-electron chi connectivity index (χ2n) is 4.96. The molecule has 1 aromatic carbocycles. The zero-order valence-corrected chi connectivity index (χ0v) is 13.4. The van der Waals surface area contributed by atoms with Crippen molar-refractivity contribution in [3.05, 3.63) is 23.8 Å². The molecule has 0 saturated heterocycles. The minimum absolute atomic E-state index is 0.0958. The van der Waals surface area contributed by atoms with Gasteiger partial charge in [-0.1, -0.05) is 19.4 Å². The van der Waals surface area contributed by atoms with Crippen molar-refractivity contribution in [1.29, 1.82) is 0 Å². The Labute approximate surface area is 125 Å². The number of hydrogen-bond acceptors (Lipinski definition) is 4. The highest BCUT2D eigenvalue weighted by Crippen LogP contribution is 2.23. The lowest BCUT2D eigenvalue weighted by Crippen LogP contribution is -2.33. The topological polar surface area (TPSA) is 98.5 Å². The third-order valence-electron chi connectivity index (χ3n) is 3.03. The third kappa shape index (κ3) is 5.35. The lowest BCUT2D eigenvalue weighted by atomic mass is 10.1. The second kappa shape index (κ2) is 7.42. The number of methoxy groups -OCH3 is 1. The Morgan fingerprint density at radius 3 is 2.62 bits per heavy atom. The van der Waals surface area contributed by atoms with E-state index in [4.69, 9.17) is 9.88 Å². The van der Waals surface area contributed by atoms with Crippen molar-refractivity contribution in [2.45, 2.75) is 44.0 Å². The third-order valence-corrected chi connectivity index (χ3v) is 3.96. The predicted molar refractivity (Wildman–Crippen MR) is 80.6 cm³/mol. The van der Waals surface area contributed by atoms with E-state index in [-0.39, 0.29) is 29.0 Å². The molecule has 3 N–H and O–H groups in total. The van der Waals surface area contributed by atoms with E-state index in [1.807, 2.05) is 13.8 Å². The standard InChI is InChI=1S/C14H22N2O4S/c1-4-5-10(2)16-14(17)9-11-6-7-12(20-3)13(8-11)21(15,18)19/h6-8,10H,4-5,9H2,1-3H3,(H,16,17)(H2,15,18,19). The molecule has 0 spiro atoms. The second-order valence-corrected chi connectivity index (χ2v) is 6.49. The fourth-order valence-electron chi connectivity index (χ4n) is 2.07. The van der Waals surface area contributed by atoms with Gasteiger partial charge in [0.1, 0.15) is 10.6 Å². The molecule has 21 heavy (non-hydrogen) atoms. The fourth-order valence-corrected chi connectivity index (χ4v) is 2.82. The van der Waals surface area contributed by atoms with Crippen LogP contribution >= 0.6 is 0 Å². The Bertz CT molecular complexity index is 599. The molecule has 0 heterocycles. The highest BCUT2D eigenvalue weighted by Gasteiger charge is 2.17. The molecule has 0 fully saturated rings. The summed E-state index contributed by atoms with van der Waals surface area (Å²) in [6.07, 6.45) is 1.98. The van der Waals surface area contributed by atoms with E-state index in [2.05, 4.69) is 5.32 Å². The van der Waals surface area contributed by atoms with Gasteiger partial charge in [-0.15, -0.1) is 0 Å². The van der Waals surface area contributed by atoms with Gasteiger partial charge in [-0.05, 0) is 31.0 Å². The van der Waals surface area contributed by atoms with E-state index < -0.39 is 10.0 Å². The highest BCUT2D eigenvalue weighted by molar-refractivity contribution is 7.89. The quantitative estimate of drug-likeness (QED) is 0.789. The molecule has 0 bridgehead atoms. The smallest absolute Gasteiger partial charge is 0.241 e. The molecule has 1 unspecified atom stereocenters. The molecule has 0 radical (unpaired) electrons. The van der Waals surface area contributed by atoms with Crippen LogP contribution in [0.3, 0.4) is 0 Å². The van der Waals surface area contributed by atoms with E-state index >= 15 is 0 Å². The summed E-state index contributed by atoms with van der Waals surface area (Å²) < 4.78 is 28.0. The minimum Gasteiger partial charge on any atom is -0.495 e. The number of sulfonamides is 1. The maximum absolute atomic E-state index is 11.9. The summed E-state index contributed by atoms with van der Waals surface area (Å²) in [6, 6.07) is 4.62. The monoisotopic (exact) mass is 314 g/mol. The van der Waals surface area contributed by atoms with Gasteiger partial charge in [0.05, 0.1) is 13.5 Å². The van der Waals surface area contributed by atoms with Crippen LogP contribution in [-0.2, 0) is 21.2 Å². The van der Waals surface area contributed by atoms with Gasteiger partial charge in [-0.25, -0.2) is 13.6 Å². The molecular weight excluding hydrogens is 292 g/mol. The summed E-state index contributed by atoms with van der Waals surface area (Å²) in [7, 11) is -2.53. The number of hydrogen-bond donors (Lipinski definition) is 2. The normalized spacial score (nSPS) is 12.8. The van der Waals surface area contributed by atoms with E-state index in [1.165, 1.54) is 19.2 Å². The first kappa shape index (κ1) is 17.5. The molecule has 0 aliphatic carbocycles. The Kier molecular flexibility index (Phi) is 6.17. The first-order chi connectivity index (χ1) is 9.77. The zero-order valence-electron chi connectivity index (χ0n) is 12.5. The predicted octanol–water partition coefficient (Wildman–Crippen LogP) is 1.19. The number of rotatable bonds is 7. The molecule has 1 rings (SSSR count). The van der Waals surface area contributed by atoms with Gasteiger partial charge in [0.15, 0.2) is 0 Å². The Hall–Kier alpha value is -1.60. The molecule has 1 amide bonds. The van der Waals surface area contributed by atoms with Crippen molar-refractivity contribution in [3.8, 4) is 5.75 Å². The van der Waals surface area contributed by atoms with E-state index in [0.29, 0.717) is 5.56 Å². The lowest BCUT2D eigenvalue weighted by molar-refractivity contribution is -0.121. The lowest BCUT2D eigenvalue weighted by Gasteiger charge is -2.13. The molecule has 0 aliphatic rings. The van der Waals surface area contributed by atoms with Gasteiger partial charge in [-0.2, -0.15) is 0 Å². The van der Waals surface area contributed by atoms with Gasteiger partial charge < -0.3 is 10.1 Å². The van der Waals surface area contributed by atoms with Gasteiger partial charge in [0, 0.05) is 6.04 Å². The van der Waals surface area contributed by atoms with Crippen molar-refractivity contribution in [2.75, 3.05) is 7.11 Å². The zero-order chi connectivity index (χ0) is 16.0. The van der Waals surface area contributed by atoms with Crippen LogP contribution in [0, 0.1) is 0 Å². The Morgan fingerprint density at radius 1 is 1.43 bits per heavy atom. The molecule has 0 aromatic heterocycles. The number of nitrogens with one attached hydrogen (secondary N) is 1. The maximum Gasteiger partial charge on any atom is 0.241 e. The van der Waals surface area contributed by atoms with Gasteiger partial charge in [0.25, 0.3) is 0 Å². The van der Waals surface area contributed by atoms with Crippen LogP contribution in [-0.4, -0.2) is 27.5 Å². The van der Waals surface area contributed by atoms with E-state index in [1.54, 1.807) is 6.07 Å². The van der Waals surface area contributed by atoms with Crippen molar-refractivity contribution in [2.24, 2.45) is 5.14 Å². The van der Waals surface area contributed by atoms with Crippen molar-refractivity contribution in [3.63, 3.8) is 0 Å². The van der Waals surface area contributed by atoms with Crippen LogP contribution in [0.25, 0.3) is 0 Å². The molecule has 1 aromatic rings. The number of ether oxygens (including phenoxy) is 1. The summed E-state index contributed by atoms with van der Waals surface area (Å²) >= 11 is 0. The van der Waals surface area contributed by atoms with Gasteiger partial charge in [-0.3, -0.25) is 4.79 Å². The fraction of sp³-hybridized carbons (Fsp3) is 0.500. The van der Waals surface area contributed by atoms with Gasteiger partial charge >= 0.3 is 0 Å². The molecule has 118 valence electrons. The highest BCUT2D eigenvalue weighted by atomic mass is 32.2. The molecule has 0 aliphatic heterocycles. The first-order valence-corrected chi connectivity index (χ1v) is 8.31. The van der Waals surface area contributed by atoms with Crippen LogP contribution < -0.4 is 15.2 Å². The van der Waals surface area contributed by atoms with Crippen molar-refractivity contribution >= 4 is 15.9 Å². The molecular formula is C14H22N2O4S. The number of amides is 1. The molecule has 6 nitrogen and oxygen atoms in total. The molecule has 1 atom stereocenters. The average molecular weight is 314 g/mol. The maximum atomic E-state index is 11.9. The van der Waals surface area contributed by atoms with Crippen LogP contribution in [0.1, 0.15) is 32.3 Å². The average Bonchev–Trinajstić information content (AvgIpc) is 2.37. The van der Waals surface area contributed by atoms with Crippen LogP contribution in [0.4, 0.5) is 0 Å². The van der Waals surface area contributed by atoms with E-state index in [9.17, 15) is 13.2 Å². The van der Waals surface area contributed by atoms with Crippen molar-refractivity contribution < 1.29 is 17.9 Å². The molecule has 7 heteroatoms. The summed E-state index contributed by atoms with van der Waals surface area (Å²) in [5.74, 6) is 0.0162. The van der Waals surface area contributed by atoms with Gasteiger partial charge in [0.2, 0.25) is 15.9 Å². The van der Waals surface area contributed by atoms with Crippen molar-refractivity contribution in [1.82, 2.24) is 5.32 Å². The summed E-state index contributed by atoms with van der Waals surface area (Å²) in [5.41, 5.74) is 0.570. The van der Waals surface area contributed by atoms with Crippen LogP contribution in [0.2, 0.25) is 0 Å². The number of primary sulfonamides is 1. The number of nitrogens with two attached hydrogens (primary N) is 1. The minimum atomic E-state index is -3.89. The SMILES string of the molecule is CCCC(C)NC(=O)Cc1ccc(OC)c(S(N)(=O)=O)c1.